The van der Waals surface area contributed by atoms with E-state index in [9.17, 15) is 4.79 Å². The third-order valence-corrected chi connectivity index (χ3v) is 3.89. The molecule has 1 aliphatic rings. The van der Waals surface area contributed by atoms with Crippen LogP contribution in [0.2, 0.25) is 0 Å². The van der Waals surface area contributed by atoms with Gasteiger partial charge in [0.25, 0.3) is 0 Å². The lowest BCUT2D eigenvalue weighted by Gasteiger charge is -2.27. The lowest BCUT2D eigenvalue weighted by Crippen LogP contribution is -2.30. The first-order valence-electron chi connectivity index (χ1n) is 7.63. The number of carbonyl (C=O) groups excluding carboxylic acids is 1. The molecule has 1 aliphatic heterocycles. The van der Waals surface area contributed by atoms with E-state index in [0.717, 1.165) is 24.4 Å². The van der Waals surface area contributed by atoms with Crippen LogP contribution in [0.1, 0.15) is 36.7 Å². The maximum Gasteiger partial charge on any atom is 0.240 e. The van der Waals surface area contributed by atoms with E-state index in [1.54, 1.807) is 0 Å². The van der Waals surface area contributed by atoms with Gasteiger partial charge in [0.1, 0.15) is 0 Å². The highest BCUT2D eigenvalue weighted by Crippen LogP contribution is 2.26. The molecule has 0 unspecified atom stereocenters. The van der Waals surface area contributed by atoms with Crippen LogP contribution in [0.3, 0.4) is 0 Å². The van der Waals surface area contributed by atoms with Crippen LogP contribution in [0.15, 0.2) is 34.9 Å². The Morgan fingerprint density at radius 3 is 2.91 bits per heavy atom. The van der Waals surface area contributed by atoms with Gasteiger partial charge in [0.15, 0.2) is 5.82 Å². The Kier molecular flexibility index (Phi) is 4.48. The van der Waals surface area contributed by atoms with Gasteiger partial charge in [-0.3, -0.25) is 9.69 Å². The standard InChI is InChI=1S/C16H20N4O2/c1-2-14-18-16(22-19-14)11-20-9-8-17-15(21)10-13(20)12-6-4-3-5-7-12/h3-7,13H,2,8-11H2,1H3,(H,17,21)/t13-/m1/s1. The number of amides is 1. The lowest BCUT2D eigenvalue weighted by molar-refractivity contribution is -0.121. The largest absolute Gasteiger partial charge is 0.355 e. The van der Waals surface area contributed by atoms with E-state index < -0.39 is 0 Å². The van der Waals surface area contributed by atoms with Crippen molar-refractivity contribution in [1.82, 2.24) is 20.4 Å². The first-order valence-corrected chi connectivity index (χ1v) is 7.63. The second kappa shape index (κ2) is 6.70. The summed E-state index contributed by atoms with van der Waals surface area (Å²) in [6.07, 6.45) is 1.20. The topological polar surface area (TPSA) is 71.3 Å². The Labute approximate surface area is 129 Å². The van der Waals surface area contributed by atoms with Crippen LogP contribution in [-0.4, -0.2) is 34.0 Å². The van der Waals surface area contributed by atoms with Crippen molar-refractivity contribution in [3.63, 3.8) is 0 Å². The predicted molar refractivity (Wildman–Crippen MR) is 80.9 cm³/mol. The summed E-state index contributed by atoms with van der Waals surface area (Å²) < 4.78 is 5.30. The van der Waals surface area contributed by atoms with E-state index in [1.807, 2.05) is 25.1 Å². The van der Waals surface area contributed by atoms with Gasteiger partial charge in [0.05, 0.1) is 6.54 Å². The van der Waals surface area contributed by atoms with Crippen molar-refractivity contribution in [2.75, 3.05) is 13.1 Å². The number of rotatable bonds is 4. The number of aryl methyl sites for hydroxylation is 1. The Bertz CT molecular complexity index is 626. The van der Waals surface area contributed by atoms with E-state index in [2.05, 4.69) is 32.5 Å². The molecule has 1 saturated heterocycles. The average Bonchev–Trinajstić information content (AvgIpc) is 2.92. The molecule has 6 nitrogen and oxygen atoms in total. The van der Waals surface area contributed by atoms with Gasteiger partial charge in [-0.05, 0) is 5.56 Å². The SMILES string of the molecule is CCc1noc(CN2CCNC(=O)C[C@@H]2c2ccccc2)n1. The highest BCUT2D eigenvalue weighted by molar-refractivity contribution is 5.77. The third-order valence-electron chi connectivity index (χ3n) is 3.89. The van der Waals surface area contributed by atoms with Crippen LogP contribution in [-0.2, 0) is 17.8 Å². The van der Waals surface area contributed by atoms with Crippen LogP contribution in [0, 0.1) is 0 Å². The average molecular weight is 300 g/mol. The molecule has 2 heterocycles. The van der Waals surface area contributed by atoms with Crippen LogP contribution >= 0.6 is 0 Å². The molecule has 2 aromatic rings. The smallest absolute Gasteiger partial charge is 0.240 e. The summed E-state index contributed by atoms with van der Waals surface area (Å²) >= 11 is 0. The van der Waals surface area contributed by atoms with Gasteiger partial charge in [0, 0.05) is 32.0 Å². The fourth-order valence-corrected chi connectivity index (χ4v) is 2.74. The zero-order valence-corrected chi connectivity index (χ0v) is 12.7. The van der Waals surface area contributed by atoms with Crippen molar-refractivity contribution in [3.05, 3.63) is 47.6 Å². The Hall–Kier alpha value is -2.21. The van der Waals surface area contributed by atoms with Crippen LogP contribution in [0.25, 0.3) is 0 Å². The van der Waals surface area contributed by atoms with Crippen molar-refractivity contribution in [3.8, 4) is 0 Å². The quantitative estimate of drug-likeness (QED) is 0.930. The van der Waals surface area contributed by atoms with Crippen molar-refractivity contribution in [2.24, 2.45) is 0 Å². The van der Waals surface area contributed by atoms with E-state index in [-0.39, 0.29) is 11.9 Å². The Morgan fingerprint density at radius 2 is 2.18 bits per heavy atom. The third kappa shape index (κ3) is 3.33. The van der Waals surface area contributed by atoms with Crippen molar-refractivity contribution in [1.29, 1.82) is 0 Å². The summed E-state index contributed by atoms with van der Waals surface area (Å²) in [7, 11) is 0. The van der Waals surface area contributed by atoms with Crippen LogP contribution in [0.5, 0.6) is 0 Å². The highest BCUT2D eigenvalue weighted by Gasteiger charge is 2.27. The van der Waals surface area contributed by atoms with Crippen molar-refractivity contribution < 1.29 is 9.32 Å². The second-order valence-corrected chi connectivity index (χ2v) is 5.41. The molecule has 0 aliphatic carbocycles. The molecule has 0 spiro atoms. The van der Waals surface area contributed by atoms with E-state index in [4.69, 9.17) is 4.52 Å². The molecule has 1 aromatic heterocycles. The van der Waals surface area contributed by atoms with Crippen molar-refractivity contribution in [2.45, 2.75) is 32.4 Å². The summed E-state index contributed by atoms with van der Waals surface area (Å²) in [5.41, 5.74) is 1.13. The van der Waals surface area contributed by atoms with Gasteiger partial charge in [0.2, 0.25) is 11.8 Å². The number of hydrogen-bond acceptors (Lipinski definition) is 5. The highest BCUT2D eigenvalue weighted by atomic mass is 16.5. The fourth-order valence-electron chi connectivity index (χ4n) is 2.74. The minimum atomic E-state index is 0.0284. The summed E-state index contributed by atoms with van der Waals surface area (Å²) in [6.45, 7) is 3.95. The monoisotopic (exact) mass is 300 g/mol. The number of carbonyl (C=O) groups is 1. The molecule has 0 radical (unpaired) electrons. The van der Waals surface area contributed by atoms with Crippen molar-refractivity contribution >= 4 is 5.91 Å². The predicted octanol–water partition coefficient (Wildman–Crippen LogP) is 1.70. The minimum Gasteiger partial charge on any atom is -0.355 e. The molecule has 0 bridgehead atoms. The maximum atomic E-state index is 11.9. The van der Waals surface area contributed by atoms with Crippen LogP contribution < -0.4 is 5.32 Å². The molecule has 1 N–H and O–H groups in total. The minimum absolute atomic E-state index is 0.0284. The normalized spacial score (nSPS) is 19.7. The molecule has 116 valence electrons. The fraction of sp³-hybridized carbons (Fsp3) is 0.438. The number of nitrogens with one attached hydrogen (secondary N) is 1. The summed E-state index contributed by atoms with van der Waals surface area (Å²) in [4.78, 5) is 18.5. The molecular weight excluding hydrogens is 280 g/mol. The molecule has 1 amide bonds. The number of nitrogens with zero attached hydrogens (tertiary/aromatic N) is 3. The first-order chi connectivity index (χ1) is 10.8. The molecule has 6 heteroatoms. The van der Waals surface area contributed by atoms with Gasteiger partial charge < -0.3 is 9.84 Å². The second-order valence-electron chi connectivity index (χ2n) is 5.41. The van der Waals surface area contributed by atoms with E-state index in [1.165, 1.54) is 0 Å². The Morgan fingerprint density at radius 1 is 1.36 bits per heavy atom. The van der Waals surface area contributed by atoms with Gasteiger partial charge in [-0.2, -0.15) is 4.98 Å². The van der Waals surface area contributed by atoms with Gasteiger partial charge in [-0.15, -0.1) is 0 Å². The molecular formula is C16H20N4O2. The summed E-state index contributed by atoms with van der Waals surface area (Å²) in [6, 6.07) is 10.1. The lowest BCUT2D eigenvalue weighted by atomic mass is 10.0. The Balaban J connectivity index is 1.83. The molecule has 0 saturated carbocycles. The van der Waals surface area contributed by atoms with E-state index in [0.29, 0.717) is 25.4 Å². The van der Waals surface area contributed by atoms with Crippen LogP contribution in [0.4, 0.5) is 0 Å². The van der Waals surface area contributed by atoms with Gasteiger partial charge in [-0.1, -0.05) is 42.4 Å². The number of benzene rings is 1. The zero-order chi connectivity index (χ0) is 15.4. The molecule has 3 rings (SSSR count). The molecule has 22 heavy (non-hydrogen) atoms. The number of hydrogen-bond donors (Lipinski definition) is 1. The van der Waals surface area contributed by atoms with Gasteiger partial charge in [-0.25, -0.2) is 0 Å². The first kappa shape index (κ1) is 14.7. The molecule has 1 fully saturated rings. The number of aromatic nitrogens is 2. The zero-order valence-electron chi connectivity index (χ0n) is 12.7. The molecule has 1 atom stereocenters. The van der Waals surface area contributed by atoms with Gasteiger partial charge >= 0.3 is 0 Å². The maximum absolute atomic E-state index is 11.9. The summed E-state index contributed by atoms with van der Waals surface area (Å²) in [5.74, 6) is 1.40. The molecule has 1 aromatic carbocycles. The van der Waals surface area contributed by atoms with E-state index >= 15 is 0 Å². The summed E-state index contributed by atoms with van der Waals surface area (Å²) in [5, 5.41) is 6.87.